The van der Waals surface area contributed by atoms with Gasteiger partial charge < -0.3 is 4.90 Å². The van der Waals surface area contributed by atoms with Crippen molar-refractivity contribution < 1.29 is 4.79 Å². The number of nitrogens with zero attached hydrogens (tertiary/aromatic N) is 4. The molecule has 1 amide bonds. The molecule has 0 bridgehead atoms. The van der Waals surface area contributed by atoms with E-state index in [1.54, 1.807) is 0 Å². The molecule has 1 aliphatic heterocycles. The molecule has 3 rings (SSSR count). The van der Waals surface area contributed by atoms with Crippen LogP contribution in [-0.4, -0.2) is 38.0 Å². The molecule has 0 aliphatic carbocycles. The summed E-state index contributed by atoms with van der Waals surface area (Å²) < 4.78 is 1.90. The van der Waals surface area contributed by atoms with Gasteiger partial charge in [-0.05, 0) is 51.5 Å². The molecule has 2 aromatic rings. The number of hydrogen-bond donors (Lipinski definition) is 0. The zero-order valence-corrected chi connectivity index (χ0v) is 15.5. The second-order valence-corrected chi connectivity index (χ2v) is 7.36. The Morgan fingerprint density at radius 1 is 1.33 bits per heavy atom. The second kappa shape index (κ2) is 6.54. The summed E-state index contributed by atoms with van der Waals surface area (Å²) in [5.41, 5.74) is 5.11. The summed E-state index contributed by atoms with van der Waals surface area (Å²) >= 11 is 0. The number of carbonyl (C=O) groups excluding carboxylic acids is 1. The molecule has 0 unspecified atom stereocenters. The van der Waals surface area contributed by atoms with Crippen LogP contribution in [0.15, 0.2) is 6.07 Å². The Bertz CT molecular complexity index is 762. The maximum Gasteiger partial charge on any atom is 0.223 e. The summed E-state index contributed by atoms with van der Waals surface area (Å²) in [4.78, 5) is 19.5. The maximum atomic E-state index is 12.7. The summed E-state index contributed by atoms with van der Waals surface area (Å²) in [7, 11) is 0. The normalized spacial score (nSPS) is 18.1. The van der Waals surface area contributed by atoms with Crippen LogP contribution in [0, 0.1) is 26.7 Å². The Hall–Kier alpha value is -1.91. The van der Waals surface area contributed by atoms with E-state index >= 15 is 0 Å². The molecule has 2 aromatic heterocycles. The molecule has 5 nitrogen and oxygen atoms in total. The molecule has 1 fully saturated rings. The summed E-state index contributed by atoms with van der Waals surface area (Å²) in [6.45, 7) is 11.4. The van der Waals surface area contributed by atoms with Gasteiger partial charge in [0.15, 0.2) is 5.65 Å². The van der Waals surface area contributed by atoms with E-state index in [9.17, 15) is 4.79 Å². The molecule has 1 saturated heterocycles. The van der Waals surface area contributed by atoms with Crippen molar-refractivity contribution in [2.24, 2.45) is 5.92 Å². The highest BCUT2D eigenvalue weighted by Gasteiger charge is 2.30. The Balaban J connectivity index is 1.77. The van der Waals surface area contributed by atoms with Gasteiger partial charge in [0.25, 0.3) is 0 Å². The van der Waals surface area contributed by atoms with Crippen molar-refractivity contribution in [3.05, 3.63) is 28.7 Å². The van der Waals surface area contributed by atoms with Crippen LogP contribution in [0.2, 0.25) is 0 Å². The average Bonchev–Trinajstić information content (AvgIpc) is 3.13. The van der Waals surface area contributed by atoms with Crippen molar-refractivity contribution in [1.82, 2.24) is 19.5 Å². The van der Waals surface area contributed by atoms with Gasteiger partial charge in [-0.15, -0.1) is 0 Å². The standard InChI is InChI=1S/C19H28N4O/c1-12(2)17-7-6-10-22(17)19(24)9-8-16-14(4)20-18-11-13(3)21-23(18)15(16)5/h11-12,17H,6-10H2,1-5H3/t17-/m1/s1. The van der Waals surface area contributed by atoms with Crippen LogP contribution in [0.5, 0.6) is 0 Å². The fourth-order valence-electron chi connectivity index (χ4n) is 3.97. The number of amides is 1. The third-order valence-electron chi connectivity index (χ3n) is 5.26. The maximum absolute atomic E-state index is 12.7. The minimum absolute atomic E-state index is 0.279. The van der Waals surface area contributed by atoms with E-state index in [1.165, 1.54) is 0 Å². The van der Waals surface area contributed by atoms with E-state index in [0.717, 1.165) is 54.1 Å². The van der Waals surface area contributed by atoms with E-state index in [1.807, 2.05) is 24.4 Å². The van der Waals surface area contributed by atoms with Crippen LogP contribution in [0.25, 0.3) is 5.65 Å². The van der Waals surface area contributed by atoms with Gasteiger partial charge in [-0.1, -0.05) is 13.8 Å². The molecule has 0 spiro atoms. The van der Waals surface area contributed by atoms with Gasteiger partial charge in [0.1, 0.15) is 0 Å². The largest absolute Gasteiger partial charge is 0.339 e. The minimum atomic E-state index is 0.279. The van der Waals surface area contributed by atoms with E-state index < -0.39 is 0 Å². The number of aryl methyl sites for hydroxylation is 3. The first-order valence-electron chi connectivity index (χ1n) is 9.00. The number of carbonyl (C=O) groups is 1. The zero-order valence-electron chi connectivity index (χ0n) is 15.5. The summed E-state index contributed by atoms with van der Waals surface area (Å²) in [6.07, 6.45) is 3.56. The summed E-state index contributed by atoms with van der Waals surface area (Å²) in [5, 5.41) is 4.51. The molecule has 0 N–H and O–H groups in total. The van der Waals surface area contributed by atoms with Crippen molar-refractivity contribution >= 4 is 11.6 Å². The van der Waals surface area contributed by atoms with Crippen molar-refractivity contribution in [2.45, 2.75) is 66.3 Å². The van der Waals surface area contributed by atoms with Crippen LogP contribution < -0.4 is 0 Å². The number of rotatable bonds is 4. The van der Waals surface area contributed by atoms with E-state index in [0.29, 0.717) is 18.4 Å². The Labute approximate surface area is 144 Å². The number of hydrogen-bond acceptors (Lipinski definition) is 3. The monoisotopic (exact) mass is 328 g/mol. The van der Waals surface area contributed by atoms with Crippen molar-refractivity contribution in [1.29, 1.82) is 0 Å². The van der Waals surface area contributed by atoms with Gasteiger partial charge >= 0.3 is 0 Å². The minimum Gasteiger partial charge on any atom is -0.339 e. The van der Waals surface area contributed by atoms with E-state index in [-0.39, 0.29) is 5.91 Å². The molecule has 130 valence electrons. The SMILES string of the molecule is Cc1cc2nc(C)c(CCC(=O)N3CCC[C@@H]3C(C)C)c(C)n2n1. The lowest BCUT2D eigenvalue weighted by molar-refractivity contribution is -0.132. The summed E-state index contributed by atoms with van der Waals surface area (Å²) in [5.74, 6) is 0.812. The molecule has 0 radical (unpaired) electrons. The molecule has 5 heteroatoms. The fourth-order valence-corrected chi connectivity index (χ4v) is 3.97. The first-order chi connectivity index (χ1) is 11.4. The first kappa shape index (κ1) is 16.9. The molecule has 0 aromatic carbocycles. The molecule has 3 heterocycles. The van der Waals surface area contributed by atoms with E-state index in [2.05, 4.69) is 35.8 Å². The zero-order chi connectivity index (χ0) is 17.4. The number of aromatic nitrogens is 3. The third kappa shape index (κ3) is 3.04. The van der Waals surface area contributed by atoms with Gasteiger partial charge in [0, 0.05) is 36.5 Å². The molecular formula is C19H28N4O. The highest BCUT2D eigenvalue weighted by Crippen LogP contribution is 2.25. The number of fused-ring (bicyclic) bond motifs is 1. The Morgan fingerprint density at radius 3 is 2.79 bits per heavy atom. The molecular weight excluding hydrogens is 300 g/mol. The van der Waals surface area contributed by atoms with Crippen molar-refractivity contribution in [2.75, 3.05) is 6.54 Å². The third-order valence-corrected chi connectivity index (χ3v) is 5.26. The lowest BCUT2D eigenvalue weighted by atomic mass is 10.0. The van der Waals surface area contributed by atoms with Gasteiger partial charge in [0.05, 0.1) is 5.69 Å². The van der Waals surface area contributed by atoms with Crippen LogP contribution >= 0.6 is 0 Å². The van der Waals surface area contributed by atoms with Crippen LogP contribution in [0.3, 0.4) is 0 Å². The Morgan fingerprint density at radius 2 is 2.08 bits per heavy atom. The summed E-state index contributed by atoms with van der Waals surface area (Å²) in [6, 6.07) is 2.40. The highest BCUT2D eigenvalue weighted by molar-refractivity contribution is 5.77. The van der Waals surface area contributed by atoms with Gasteiger partial charge in [-0.2, -0.15) is 5.10 Å². The smallest absolute Gasteiger partial charge is 0.223 e. The predicted molar refractivity (Wildman–Crippen MR) is 95.1 cm³/mol. The highest BCUT2D eigenvalue weighted by atomic mass is 16.2. The number of likely N-dealkylation sites (tertiary alicyclic amines) is 1. The predicted octanol–water partition coefficient (Wildman–Crippen LogP) is 3.23. The van der Waals surface area contributed by atoms with E-state index in [4.69, 9.17) is 0 Å². The molecule has 1 aliphatic rings. The van der Waals surface area contributed by atoms with Crippen LogP contribution in [-0.2, 0) is 11.2 Å². The molecule has 1 atom stereocenters. The lowest BCUT2D eigenvalue weighted by Crippen LogP contribution is -2.38. The quantitative estimate of drug-likeness (QED) is 0.866. The molecule has 24 heavy (non-hydrogen) atoms. The van der Waals surface area contributed by atoms with Crippen LogP contribution in [0.1, 0.15) is 55.8 Å². The van der Waals surface area contributed by atoms with Crippen LogP contribution in [0.4, 0.5) is 0 Å². The molecule has 0 saturated carbocycles. The lowest BCUT2D eigenvalue weighted by Gasteiger charge is -2.28. The topological polar surface area (TPSA) is 50.5 Å². The van der Waals surface area contributed by atoms with Crippen molar-refractivity contribution in [3.8, 4) is 0 Å². The average molecular weight is 328 g/mol. The van der Waals surface area contributed by atoms with Gasteiger partial charge in [-0.25, -0.2) is 9.50 Å². The fraction of sp³-hybridized carbons (Fsp3) is 0.632. The Kier molecular flexibility index (Phi) is 4.61. The van der Waals surface area contributed by atoms with Gasteiger partial charge in [-0.3, -0.25) is 4.79 Å². The second-order valence-electron chi connectivity index (χ2n) is 7.36. The van der Waals surface area contributed by atoms with Gasteiger partial charge in [0.2, 0.25) is 5.91 Å². The first-order valence-corrected chi connectivity index (χ1v) is 9.00. The van der Waals surface area contributed by atoms with Crippen molar-refractivity contribution in [3.63, 3.8) is 0 Å².